The smallest absolute Gasteiger partial charge is 0.139 e. The van der Waals surface area contributed by atoms with Crippen LogP contribution >= 0.6 is 0 Å². The van der Waals surface area contributed by atoms with E-state index in [0.29, 0.717) is 5.92 Å². The zero-order valence-electron chi connectivity index (χ0n) is 24.9. The molecule has 0 fully saturated rings. The Morgan fingerprint density at radius 3 is 2.26 bits per heavy atom. The molecule has 0 bridgehead atoms. The maximum atomic E-state index is 11.0. The second kappa shape index (κ2) is 11.6. The van der Waals surface area contributed by atoms with Crippen molar-refractivity contribution in [3.8, 4) is 22.7 Å². The second-order valence-corrected chi connectivity index (χ2v) is 16.3. The van der Waals surface area contributed by atoms with Gasteiger partial charge in [0.15, 0.2) is 0 Å². The zero-order chi connectivity index (χ0) is 28.9. The minimum Gasteiger partial charge on any atom is -0.506 e. The third-order valence-corrected chi connectivity index (χ3v) is 11.5. The maximum absolute atomic E-state index is 11.0. The first-order valence-corrected chi connectivity index (χ1v) is 17.4. The van der Waals surface area contributed by atoms with E-state index in [1.54, 1.807) is 6.07 Å². The molecule has 0 radical (unpaired) electrons. The fourth-order valence-electron chi connectivity index (χ4n) is 5.72. The summed E-state index contributed by atoms with van der Waals surface area (Å²) in [4.78, 5) is 10.1. The van der Waals surface area contributed by atoms with Crippen molar-refractivity contribution in [1.29, 1.82) is 0 Å². The van der Waals surface area contributed by atoms with Crippen LogP contribution in [0.3, 0.4) is 0 Å². The molecule has 0 unspecified atom stereocenters. The van der Waals surface area contributed by atoms with E-state index in [9.17, 15) is 5.11 Å². The van der Waals surface area contributed by atoms with Crippen LogP contribution in [-0.2, 0) is 21.1 Å². The van der Waals surface area contributed by atoms with Crippen molar-refractivity contribution in [2.24, 2.45) is 0 Å². The number of phenolic OH excluding ortho intramolecular Hbond substituents is 1. The Balaban J connectivity index is 0.00000353. The molecule has 0 aliphatic heterocycles. The van der Waals surface area contributed by atoms with Gasteiger partial charge in [-0.15, -0.1) is 35.0 Å². The van der Waals surface area contributed by atoms with Crippen LogP contribution < -0.4 is 10.5 Å². The molecule has 6 aromatic rings. The molecule has 4 nitrogen and oxygen atoms in total. The standard InChI is InChI=1S/C36H36N3OSi.Pt/c1-23(2)25-17-18-31-29(21-25)30-22-28(24(3)4)35(38-36(30)39(31)32-14-7-8-15-33(32)40)26-12-11-13-27(20-26)41(5,6)34-16-9-10-19-37-34;/h7-19,21-24,40H,1-6H3;/q-1;. The Hall–Kier alpha value is -3.53. The van der Waals surface area contributed by atoms with Gasteiger partial charge in [0.05, 0.1) is 11.2 Å². The van der Waals surface area contributed by atoms with Gasteiger partial charge >= 0.3 is 0 Å². The van der Waals surface area contributed by atoms with Crippen LogP contribution in [0.2, 0.25) is 13.1 Å². The Labute approximate surface area is 263 Å². The van der Waals surface area contributed by atoms with E-state index in [1.165, 1.54) is 16.3 Å². The van der Waals surface area contributed by atoms with E-state index < -0.39 is 8.07 Å². The van der Waals surface area contributed by atoms with Gasteiger partial charge in [-0.25, -0.2) is 0 Å². The van der Waals surface area contributed by atoms with E-state index in [-0.39, 0.29) is 32.7 Å². The van der Waals surface area contributed by atoms with Crippen LogP contribution in [0.15, 0.2) is 91.1 Å². The quantitative estimate of drug-likeness (QED) is 0.140. The molecule has 216 valence electrons. The van der Waals surface area contributed by atoms with Gasteiger partial charge < -0.3 is 5.11 Å². The third kappa shape index (κ3) is 5.14. The Kier molecular flexibility index (Phi) is 8.29. The zero-order valence-corrected chi connectivity index (χ0v) is 28.2. The van der Waals surface area contributed by atoms with Crippen molar-refractivity contribution in [1.82, 2.24) is 14.5 Å². The fourth-order valence-corrected chi connectivity index (χ4v) is 7.87. The summed E-state index contributed by atoms with van der Waals surface area (Å²) in [5.74, 6) is 0.896. The van der Waals surface area contributed by atoms with Gasteiger partial charge in [0, 0.05) is 43.4 Å². The number of phenols is 1. The van der Waals surface area contributed by atoms with Crippen molar-refractivity contribution in [3.05, 3.63) is 108 Å². The Bertz CT molecular complexity index is 1890. The average molecular weight is 750 g/mol. The summed E-state index contributed by atoms with van der Waals surface area (Å²) in [6.45, 7) is 13.5. The molecule has 0 amide bonds. The minimum atomic E-state index is -2.07. The first kappa shape index (κ1) is 29.9. The molecule has 42 heavy (non-hydrogen) atoms. The molecular formula is C36H36N3OPtSi-. The number of hydrogen-bond donors (Lipinski definition) is 1. The van der Waals surface area contributed by atoms with Gasteiger partial charge in [-0.2, -0.15) is 0 Å². The number of aromatic nitrogens is 3. The van der Waals surface area contributed by atoms with Crippen molar-refractivity contribution >= 4 is 40.5 Å². The molecule has 0 aliphatic rings. The molecular weight excluding hydrogens is 714 g/mol. The van der Waals surface area contributed by atoms with E-state index >= 15 is 0 Å². The van der Waals surface area contributed by atoms with Crippen molar-refractivity contribution in [2.75, 3.05) is 0 Å². The summed E-state index contributed by atoms with van der Waals surface area (Å²) in [7, 11) is -2.07. The van der Waals surface area contributed by atoms with Crippen LogP contribution in [0.5, 0.6) is 5.75 Å². The van der Waals surface area contributed by atoms with Crippen LogP contribution in [0.4, 0.5) is 0 Å². The van der Waals surface area contributed by atoms with E-state index in [0.717, 1.165) is 44.2 Å². The molecule has 0 aliphatic carbocycles. The molecule has 1 N–H and O–H groups in total. The first-order chi connectivity index (χ1) is 19.7. The molecule has 3 aromatic heterocycles. The molecule has 6 heteroatoms. The summed E-state index contributed by atoms with van der Waals surface area (Å²) < 4.78 is 2.11. The number of hydrogen-bond acceptors (Lipinski definition) is 3. The Morgan fingerprint density at radius 2 is 1.57 bits per heavy atom. The van der Waals surface area contributed by atoms with Crippen LogP contribution in [0, 0.1) is 6.07 Å². The number of rotatable bonds is 6. The predicted octanol–water partition coefficient (Wildman–Crippen LogP) is 7.81. The van der Waals surface area contributed by atoms with Gasteiger partial charge in [0.2, 0.25) is 0 Å². The van der Waals surface area contributed by atoms with E-state index in [4.69, 9.17) is 9.97 Å². The van der Waals surface area contributed by atoms with Gasteiger partial charge in [0.1, 0.15) is 19.5 Å². The SMILES string of the molecule is CC(C)c1ccc2c(c1)c1cc(C(C)C)c(-c3[c-]c([Si](C)(C)c4ccccn4)ccc3)nc1n2-c1ccccc1O.[Pt]. The normalized spacial score (nSPS) is 11.9. The van der Waals surface area contributed by atoms with E-state index in [2.05, 4.69) is 106 Å². The summed E-state index contributed by atoms with van der Waals surface area (Å²) >= 11 is 0. The fraction of sp³-hybridized carbons (Fsp3) is 0.222. The number of pyridine rings is 2. The number of benzene rings is 3. The molecule has 3 aromatic carbocycles. The molecule has 0 saturated carbocycles. The predicted molar refractivity (Wildman–Crippen MR) is 174 cm³/mol. The van der Waals surface area contributed by atoms with Crippen molar-refractivity contribution < 1.29 is 26.2 Å². The molecule has 3 heterocycles. The van der Waals surface area contributed by atoms with E-state index in [1.807, 2.05) is 30.5 Å². The first-order valence-electron chi connectivity index (χ1n) is 14.4. The maximum Gasteiger partial charge on any atom is 0.139 e. The van der Waals surface area contributed by atoms with Crippen LogP contribution in [0.1, 0.15) is 50.7 Å². The third-order valence-electron chi connectivity index (χ3n) is 8.24. The van der Waals surface area contributed by atoms with Crippen molar-refractivity contribution in [2.45, 2.75) is 52.6 Å². The molecule has 0 saturated heterocycles. The van der Waals surface area contributed by atoms with Gasteiger partial charge in [-0.3, -0.25) is 14.5 Å². The Morgan fingerprint density at radius 1 is 0.810 bits per heavy atom. The molecule has 0 atom stereocenters. The van der Waals surface area contributed by atoms with Gasteiger partial charge in [-0.05, 0) is 59.5 Å². The van der Waals surface area contributed by atoms with Crippen LogP contribution in [0.25, 0.3) is 38.9 Å². The monoisotopic (exact) mass is 749 g/mol. The number of nitrogens with zero attached hydrogens (tertiary/aromatic N) is 3. The van der Waals surface area contributed by atoms with Crippen LogP contribution in [-0.4, -0.2) is 27.7 Å². The second-order valence-electron chi connectivity index (χ2n) is 12.0. The van der Waals surface area contributed by atoms with Gasteiger partial charge in [0.25, 0.3) is 0 Å². The molecule has 6 rings (SSSR count). The average Bonchev–Trinajstić information content (AvgIpc) is 3.29. The summed E-state index contributed by atoms with van der Waals surface area (Å²) in [5, 5.41) is 15.5. The van der Waals surface area contributed by atoms with Gasteiger partial charge in [-0.1, -0.05) is 76.7 Å². The minimum absolute atomic E-state index is 0. The number of aromatic hydroxyl groups is 1. The largest absolute Gasteiger partial charge is 0.506 e. The number of para-hydroxylation sites is 2. The molecule has 0 spiro atoms. The number of fused-ring (bicyclic) bond motifs is 3. The van der Waals surface area contributed by atoms with Crippen molar-refractivity contribution in [3.63, 3.8) is 0 Å². The summed E-state index contributed by atoms with van der Waals surface area (Å²) in [5.41, 5.74) is 6.99. The summed E-state index contributed by atoms with van der Waals surface area (Å²) in [6.07, 6.45) is 1.88. The topological polar surface area (TPSA) is 50.9 Å². The summed E-state index contributed by atoms with van der Waals surface area (Å²) in [6, 6.07) is 32.8.